The fraction of sp³-hybridized carbons (Fsp3) is 0.833. The van der Waals surface area contributed by atoms with Gasteiger partial charge in [0.25, 0.3) is 0 Å². The Hall–Kier alpha value is -0.380. The molecule has 3 nitrogen and oxygen atoms in total. The molecule has 0 amide bonds. The van der Waals surface area contributed by atoms with Crippen LogP contribution < -0.4 is 0 Å². The molecule has 0 aliphatic carbocycles. The zero-order valence-electron chi connectivity index (χ0n) is 9.43. The molecule has 1 aliphatic heterocycles. The Labute approximate surface area is 91.8 Å². The van der Waals surface area contributed by atoms with Gasteiger partial charge in [0.1, 0.15) is 0 Å². The van der Waals surface area contributed by atoms with E-state index in [0.29, 0.717) is 12.2 Å². The third-order valence-electron chi connectivity index (χ3n) is 2.61. The normalized spacial score (nSPS) is 27.1. The highest BCUT2D eigenvalue weighted by Crippen LogP contribution is 2.30. The highest BCUT2D eigenvalue weighted by atomic mass is 16.6. The maximum absolute atomic E-state index is 8.98. The number of hydrogen-bond donors (Lipinski definition) is 2. The van der Waals surface area contributed by atoms with E-state index in [-0.39, 0.29) is 12.7 Å². The number of hydrogen-bond acceptors (Lipinski definition) is 3. The average molecular weight is 214 g/mol. The molecule has 1 aliphatic rings. The molecule has 1 saturated heterocycles. The maximum Gasteiger partial charge on any atom is 0.0842 e. The number of rotatable bonds is 8. The Bertz CT molecular complexity index is 189. The first-order valence-corrected chi connectivity index (χ1v) is 5.85. The fourth-order valence-corrected chi connectivity index (χ4v) is 1.71. The Balaban J connectivity index is 1.90. The van der Waals surface area contributed by atoms with E-state index < -0.39 is 0 Å². The number of unbranched alkanes of at least 4 members (excludes halogenated alkanes) is 1. The molecule has 0 saturated carbocycles. The largest absolute Gasteiger partial charge is 0.396 e. The lowest BCUT2D eigenvalue weighted by Crippen LogP contribution is -1.96. The second kappa shape index (κ2) is 6.99. The fourth-order valence-electron chi connectivity index (χ4n) is 1.71. The van der Waals surface area contributed by atoms with Crippen molar-refractivity contribution in [3.8, 4) is 0 Å². The van der Waals surface area contributed by atoms with E-state index in [4.69, 9.17) is 14.9 Å². The number of allylic oxidation sites excluding steroid dienone is 1. The average Bonchev–Trinajstić information content (AvgIpc) is 2.93. The minimum absolute atomic E-state index is 0.268. The number of epoxide rings is 1. The van der Waals surface area contributed by atoms with Gasteiger partial charge in [0.05, 0.1) is 18.3 Å². The first kappa shape index (κ1) is 12.7. The summed E-state index contributed by atoms with van der Waals surface area (Å²) in [7, 11) is 0. The van der Waals surface area contributed by atoms with Gasteiger partial charge in [-0.05, 0) is 39.0 Å². The first-order valence-electron chi connectivity index (χ1n) is 5.85. The van der Waals surface area contributed by atoms with Crippen LogP contribution in [0, 0.1) is 0 Å². The lowest BCUT2D eigenvalue weighted by atomic mass is 10.1. The predicted octanol–water partition coefficient (Wildman–Crippen LogP) is 1.63. The summed E-state index contributed by atoms with van der Waals surface area (Å²) in [6, 6.07) is 0. The highest BCUT2D eigenvalue weighted by molar-refractivity contribution is 4.88. The van der Waals surface area contributed by atoms with Gasteiger partial charge in [-0.15, -0.1) is 0 Å². The van der Waals surface area contributed by atoms with Crippen LogP contribution in [0.1, 0.15) is 39.0 Å². The van der Waals surface area contributed by atoms with Gasteiger partial charge in [0.2, 0.25) is 0 Å². The van der Waals surface area contributed by atoms with Gasteiger partial charge >= 0.3 is 0 Å². The molecule has 3 atom stereocenters. The maximum atomic E-state index is 8.98. The Morgan fingerprint density at radius 3 is 2.53 bits per heavy atom. The molecule has 0 unspecified atom stereocenters. The van der Waals surface area contributed by atoms with Crippen LogP contribution in [0.4, 0.5) is 0 Å². The van der Waals surface area contributed by atoms with Crippen molar-refractivity contribution in [1.29, 1.82) is 0 Å². The van der Waals surface area contributed by atoms with Crippen molar-refractivity contribution in [3.05, 3.63) is 12.2 Å². The Morgan fingerprint density at radius 1 is 1.27 bits per heavy atom. The number of ether oxygens (including phenoxy) is 1. The van der Waals surface area contributed by atoms with Crippen molar-refractivity contribution in [2.24, 2.45) is 0 Å². The van der Waals surface area contributed by atoms with Gasteiger partial charge in [-0.3, -0.25) is 0 Å². The molecule has 88 valence electrons. The lowest BCUT2D eigenvalue weighted by Gasteiger charge is -1.95. The molecule has 15 heavy (non-hydrogen) atoms. The Morgan fingerprint density at radius 2 is 1.93 bits per heavy atom. The minimum Gasteiger partial charge on any atom is -0.396 e. The van der Waals surface area contributed by atoms with Crippen molar-refractivity contribution in [3.63, 3.8) is 0 Å². The third-order valence-corrected chi connectivity index (χ3v) is 2.61. The molecule has 3 heteroatoms. The van der Waals surface area contributed by atoms with E-state index in [1.807, 2.05) is 12.2 Å². The standard InChI is InChI=1S/C12H22O3/c1-10(14)6-3-2-4-7-11-12(15-11)8-5-9-13/h3,6,10-14H,2,4-5,7-9H2,1H3/b6-3+/t10-,11+,12+/m1/s1. The first-order chi connectivity index (χ1) is 7.24. The number of aliphatic hydroxyl groups excluding tert-OH is 2. The quantitative estimate of drug-likeness (QED) is 0.367. The van der Waals surface area contributed by atoms with E-state index in [9.17, 15) is 0 Å². The second-order valence-corrected chi connectivity index (χ2v) is 4.18. The molecule has 0 radical (unpaired) electrons. The molecule has 1 rings (SSSR count). The summed E-state index contributed by atoms with van der Waals surface area (Å²) in [5, 5.41) is 17.6. The molecule has 0 aromatic heterocycles. The van der Waals surface area contributed by atoms with Crippen LogP contribution in [0.5, 0.6) is 0 Å². The summed E-state index contributed by atoms with van der Waals surface area (Å²) in [5.74, 6) is 0. The van der Waals surface area contributed by atoms with Crippen molar-refractivity contribution < 1.29 is 14.9 Å². The summed E-state index contributed by atoms with van der Waals surface area (Å²) < 4.78 is 5.46. The van der Waals surface area contributed by atoms with Gasteiger partial charge < -0.3 is 14.9 Å². The van der Waals surface area contributed by atoms with Crippen molar-refractivity contribution in [2.75, 3.05) is 6.61 Å². The van der Waals surface area contributed by atoms with Crippen LogP contribution in [0.2, 0.25) is 0 Å². The van der Waals surface area contributed by atoms with Crippen LogP contribution in [0.3, 0.4) is 0 Å². The van der Waals surface area contributed by atoms with Crippen LogP contribution >= 0.6 is 0 Å². The summed E-state index contributed by atoms with van der Waals surface area (Å²) in [5.41, 5.74) is 0. The van der Waals surface area contributed by atoms with Crippen molar-refractivity contribution in [2.45, 2.75) is 57.3 Å². The van der Waals surface area contributed by atoms with Gasteiger partial charge in [-0.1, -0.05) is 12.2 Å². The van der Waals surface area contributed by atoms with Gasteiger partial charge in [0, 0.05) is 6.61 Å². The van der Waals surface area contributed by atoms with Gasteiger partial charge in [0.15, 0.2) is 0 Å². The molecule has 0 aromatic rings. The monoisotopic (exact) mass is 214 g/mol. The van der Waals surface area contributed by atoms with Gasteiger partial charge in [-0.25, -0.2) is 0 Å². The molecular formula is C12H22O3. The molecular weight excluding hydrogens is 192 g/mol. The van der Waals surface area contributed by atoms with Crippen LogP contribution in [-0.4, -0.2) is 35.1 Å². The van der Waals surface area contributed by atoms with E-state index >= 15 is 0 Å². The summed E-state index contributed by atoms with van der Waals surface area (Å²) in [6.07, 6.45) is 9.40. The topological polar surface area (TPSA) is 53.0 Å². The summed E-state index contributed by atoms with van der Waals surface area (Å²) >= 11 is 0. The molecule has 0 bridgehead atoms. The van der Waals surface area contributed by atoms with Crippen molar-refractivity contribution in [1.82, 2.24) is 0 Å². The molecule has 0 aromatic carbocycles. The van der Waals surface area contributed by atoms with E-state index in [0.717, 1.165) is 32.1 Å². The third kappa shape index (κ3) is 5.92. The van der Waals surface area contributed by atoms with E-state index in [2.05, 4.69) is 0 Å². The number of aliphatic hydroxyl groups is 2. The van der Waals surface area contributed by atoms with E-state index in [1.54, 1.807) is 6.92 Å². The zero-order chi connectivity index (χ0) is 11.1. The molecule has 2 N–H and O–H groups in total. The van der Waals surface area contributed by atoms with Gasteiger partial charge in [-0.2, -0.15) is 0 Å². The minimum atomic E-state index is -0.334. The van der Waals surface area contributed by atoms with Crippen LogP contribution in [0.25, 0.3) is 0 Å². The SMILES string of the molecule is C[C@@H](O)/C=C/CCC[C@@H]1O[C@H]1CCCO. The predicted molar refractivity (Wildman–Crippen MR) is 59.7 cm³/mol. The molecule has 0 spiro atoms. The van der Waals surface area contributed by atoms with Crippen LogP contribution in [-0.2, 0) is 4.74 Å². The molecule has 1 fully saturated rings. The highest BCUT2D eigenvalue weighted by Gasteiger charge is 2.36. The molecule has 1 heterocycles. The second-order valence-electron chi connectivity index (χ2n) is 4.18. The zero-order valence-corrected chi connectivity index (χ0v) is 9.43. The van der Waals surface area contributed by atoms with Crippen LogP contribution in [0.15, 0.2) is 12.2 Å². The summed E-state index contributed by atoms with van der Waals surface area (Å²) in [6.45, 7) is 2.02. The summed E-state index contributed by atoms with van der Waals surface area (Å²) in [4.78, 5) is 0. The Kier molecular flexibility index (Phi) is 5.91. The van der Waals surface area contributed by atoms with Crippen molar-refractivity contribution >= 4 is 0 Å². The van der Waals surface area contributed by atoms with E-state index in [1.165, 1.54) is 0 Å². The smallest absolute Gasteiger partial charge is 0.0842 e. The lowest BCUT2D eigenvalue weighted by molar-refractivity contribution is 0.243.